The lowest BCUT2D eigenvalue weighted by molar-refractivity contribution is -0.143. The van der Waals surface area contributed by atoms with E-state index in [1.165, 1.54) is 6.08 Å². The average Bonchev–Trinajstić information content (AvgIpc) is 2.82. The van der Waals surface area contributed by atoms with Crippen molar-refractivity contribution in [2.75, 3.05) is 0 Å². The van der Waals surface area contributed by atoms with Crippen LogP contribution in [0.4, 0.5) is 0 Å². The molecule has 0 radical (unpaired) electrons. The van der Waals surface area contributed by atoms with E-state index in [1.54, 1.807) is 17.4 Å². The summed E-state index contributed by atoms with van der Waals surface area (Å²) in [6.07, 6.45) is 7.57. The summed E-state index contributed by atoms with van der Waals surface area (Å²) >= 11 is 1.56. The Balaban J connectivity index is 1.95. The average molecular weight is 293 g/mol. The van der Waals surface area contributed by atoms with Gasteiger partial charge in [0.05, 0.1) is 5.92 Å². The second kappa shape index (κ2) is 7.24. The lowest BCUT2D eigenvalue weighted by Gasteiger charge is -2.22. The Bertz CT molecular complexity index is 481. The van der Waals surface area contributed by atoms with Crippen molar-refractivity contribution in [1.29, 1.82) is 0 Å². The molecule has 20 heavy (non-hydrogen) atoms. The fraction of sp³-hybridized carbons (Fsp3) is 0.467. The minimum Gasteiger partial charge on any atom is -0.481 e. The maximum atomic E-state index is 11.9. The molecule has 5 heteroatoms. The standard InChI is InChI=1S/C15H19NO3S/c17-14(9-8-11-5-4-10-20-11)16-13-7-3-1-2-6-12(13)15(18)19/h4-5,8-10,12-13H,1-3,6-7H2,(H,16,17)(H,18,19)/b9-8+. The van der Waals surface area contributed by atoms with E-state index in [2.05, 4.69) is 5.32 Å². The molecular weight excluding hydrogens is 274 g/mol. The van der Waals surface area contributed by atoms with Crippen LogP contribution < -0.4 is 5.32 Å². The quantitative estimate of drug-likeness (QED) is 0.662. The number of carboxylic acids is 1. The molecule has 1 aromatic rings. The number of carbonyl (C=O) groups excluding carboxylic acids is 1. The van der Waals surface area contributed by atoms with Gasteiger partial charge in [0, 0.05) is 17.0 Å². The third-order valence-electron chi connectivity index (χ3n) is 3.60. The normalized spacial score (nSPS) is 23.4. The molecule has 1 aliphatic carbocycles. The number of carbonyl (C=O) groups is 2. The molecule has 0 bridgehead atoms. The highest BCUT2D eigenvalue weighted by Gasteiger charge is 2.30. The summed E-state index contributed by atoms with van der Waals surface area (Å²) in [6, 6.07) is 3.60. The Hall–Kier alpha value is -1.62. The van der Waals surface area contributed by atoms with Crippen LogP contribution in [0.3, 0.4) is 0 Å². The highest BCUT2D eigenvalue weighted by Crippen LogP contribution is 2.23. The van der Waals surface area contributed by atoms with Gasteiger partial charge in [-0.05, 0) is 30.4 Å². The van der Waals surface area contributed by atoms with Crippen molar-refractivity contribution in [3.8, 4) is 0 Å². The van der Waals surface area contributed by atoms with E-state index in [-0.39, 0.29) is 11.9 Å². The Morgan fingerprint density at radius 2 is 2.10 bits per heavy atom. The predicted octanol–water partition coefficient (Wildman–Crippen LogP) is 2.91. The summed E-state index contributed by atoms with van der Waals surface area (Å²) in [5.41, 5.74) is 0. The molecule has 108 valence electrons. The topological polar surface area (TPSA) is 66.4 Å². The van der Waals surface area contributed by atoms with Crippen LogP contribution in [0.15, 0.2) is 23.6 Å². The molecule has 1 amide bonds. The number of hydrogen-bond donors (Lipinski definition) is 2. The van der Waals surface area contributed by atoms with E-state index >= 15 is 0 Å². The molecule has 0 spiro atoms. The van der Waals surface area contributed by atoms with Crippen molar-refractivity contribution in [1.82, 2.24) is 5.32 Å². The zero-order valence-corrected chi connectivity index (χ0v) is 12.1. The Labute approximate surface area is 122 Å². The van der Waals surface area contributed by atoms with Crippen molar-refractivity contribution in [3.05, 3.63) is 28.5 Å². The molecular formula is C15H19NO3S. The molecule has 2 unspecified atom stereocenters. The maximum absolute atomic E-state index is 11.9. The first-order valence-corrected chi connectivity index (χ1v) is 7.79. The molecule has 0 saturated heterocycles. The maximum Gasteiger partial charge on any atom is 0.308 e. The highest BCUT2D eigenvalue weighted by molar-refractivity contribution is 7.10. The Kier molecular flexibility index (Phi) is 5.35. The third kappa shape index (κ3) is 4.20. The first-order valence-electron chi connectivity index (χ1n) is 6.91. The largest absolute Gasteiger partial charge is 0.481 e. The van der Waals surface area contributed by atoms with Crippen LogP contribution in [-0.2, 0) is 9.59 Å². The first-order chi connectivity index (χ1) is 9.66. The molecule has 1 heterocycles. The minimum atomic E-state index is -0.806. The zero-order valence-electron chi connectivity index (χ0n) is 11.2. The van der Waals surface area contributed by atoms with Crippen LogP contribution in [0.2, 0.25) is 0 Å². The van der Waals surface area contributed by atoms with Gasteiger partial charge < -0.3 is 10.4 Å². The predicted molar refractivity (Wildman–Crippen MR) is 79.5 cm³/mol. The molecule has 1 aromatic heterocycles. The van der Waals surface area contributed by atoms with Crippen molar-refractivity contribution in [3.63, 3.8) is 0 Å². The molecule has 2 rings (SSSR count). The molecule has 0 aromatic carbocycles. The second-order valence-electron chi connectivity index (χ2n) is 5.05. The van der Waals surface area contributed by atoms with Crippen molar-refractivity contribution >= 4 is 29.3 Å². The first kappa shape index (κ1) is 14.8. The monoisotopic (exact) mass is 293 g/mol. The van der Waals surface area contributed by atoms with E-state index in [9.17, 15) is 14.7 Å². The summed E-state index contributed by atoms with van der Waals surface area (Å²) in [7, 11) is 0. The van der Waals surface area contributed by atoms with Crippen molar-refractivity contribution in [2.45, 2.75) is 38.1 Å². The third-order valence-corrected chi connectivity index (χ3v) is 4.44. The van der Waals surface area contributed by atoms with Crippen LogP contribution in [0.25, 0.3) is 6.08 Å². The van der Waals surface area contributed by atoms with Crippen LogP contribution in [0.5, 0.6) is 0 Å². The van der Waals surface area contributed by atoms with E-state index in [0.717, 1.165) is 30.6 Å². The van der Waals surface area contributed by atoms with Gasteiger partial charge in [0.15, 0.2) is 0 Å². The summed E-state index contributed by atoms with van der Waals surface area (Å²) in [6.45, 7) is 0. The van der Waals surface area contributed by atoms with Gasteiger partial charge in [0.1, 0.15) is 0 Å². The van der Waals surface area contributed by atoms with Gasteiger partial charge in [0.25, 0.3) is 0 Å². The summed E-state index contributed by atoms with van der Waals surface area (Å²) in [5.74, 6) is -1.48. The van der Waals surface area contributed by atoms with E-state index in [1.807, 2.05) is 17.5 Å². The van der Waals surface area contributed by atoms with E-state index in [4.69, 9.17) is 0 Å². The molecule has 2 atom stereocenters. The molecule has 1 saturated carbocycles. The number of nitrogens with one attached hydrogen (secondary N) is 1. The van der Waals surface area contributed by atoms with E-state index in [0.29, 0.717) is 6.42 Å². The molecule has 4 nitrogen and oxygen atoms in total. The fourth-order valence-electron chi connectivity index (χ4n) is 2.55. The number of rotatable bonds is 4. The fourth-order valence-corrected chi connectivity index (χ4v) is 3.17. The van der Waals surface area contributed by atoms with E-state index < -0.39 is 11.9 Å². The molecule has 0 aliphatic heterocycles. The molecule has 2 N–H and O–H groups in total. The lowest BCUT2D eigenvalue weighted by Crippen LogP contribution is -2.42. The number of hydrogen-bond acceptors (Lipinski definition) is 3. The lowest BCUT2D eigenvalue weighted by atomic mass is 9.95. The summed E-state index contributed by atoms with van der Waals surface area (Å²) < 4.78 is 0. The molecule has 1 fully saturated rings. The van der Waals surface area contributed by atoms with Gasteiger partial charge in [0.2, 0.25) is 5.91 Å². The summed E-state index contributed by atoms with van der Waals surface area (Å²) in [4.78, 5) is 24.2. The number of carboxylic acid groups (broad SMARTS) is 1. The smallest absolute Gasteiger partial charge is 0.308 e. The number of aliphatic carboxylic acids is 1. The van der Waals surface area contributed by atoms with Crippen LogP contribution in [0, 0.1) is 5.92 Å². The molecule has 1 aliphatic rings. The minimum absolute atomic E-state index is 0.212. The van der Waals surface area contributed by atoms with Gasteiger partial charge >= 0.3 is 5.97 Å². The van der Waals surface area contributed by atoms with Gasteiger partial charge in [-0.3, -0.25) is 9.59 Å². The Morgan fingerprint density at radius 3 is 2.80 bits per heavy atom. The van der Waals surface area contributed by atoms with Gasteiger partial charge in [-0.1, -0.05) is 25.3 Å². The highest BCUT2D eigenvalue weighted by atomic mass is 32.1. The van der Waals surface area contributed by atoms with Crippen molar-refractivity contribution < 1.29 is 14.7 Å². The van der Waals surface area contributed by atoms with Crippen LogP contribution in [-0.4, -0.2) is 23.0 Å². The van der Waals surface area contributed by atoms with Crippen LogP contribution >= 0.6 is 11.3 Å². The van der Waals surface area contributed by atoms with Crippen LogP contribution in [0.1, 0.15) is 37.0 Å². The number of amides is 1. The summed E-state index contributed by atoms with van der Waals surface area (Å²) in [5, 5.41) is 14.1. The van der Waals surface area contributed by atoms with Gasteiger partial charge in [-0.25, -0.2) is 0 Å². The Morgan fingerprint density at radius 1 is 1.30 bits per heavy atom. The number of thiophene rings is 1. The SMILES string of the molecule is O=C(/C=C/c1cccs1)NC1CCCCCC1C(=O)O. The van der Waals surface area contributed by atoms with Gasteiger partial charge in [-0.2, -0.15) is 0 Å². The zero-order chi connectivity index (χ0) is 14.4. The van der Waals surface area contributed by atoms with Gasteiger partial charge in [-0.15, -0.1) is 11.3 Å². The van der Waals surface area contributed by atoms with Crippen molar-refractivity contribution in [2.24, 2.45) is 5.92 Å². The second-order valence-corrected chi connectivity index (χ2v) is 6.03.